The van der Waals surface area contributed by atoms with Crippen molar-refractivity contribution >= 4 is 17.5 Å². The lowest BCUT2D eigenvalue weighted by Gasteiger charge is -2.10. The Morgan fingerprint density at radius 3 is 2.62 bits per heavy atom. The van der Waals surface area contributed by atoms with E-state index in [1.165, 1.54) is 0 Å². The standard InChI is InChI=1S/C17H18ClNO2/c1-12-5-3-4-6-15(12)17(20)19-9-10-21-14-8-7-13(2)16(18)11-14/h3-8,11H,9-10H2,1-2H3,(H,19,20). The number of nitrogens with one attached hydrogen (secondary N) is 1. The quantitative estimate of drug-likeness (QED) is 0.854. The molecule has 0 aromatic heterocycles. The Balaban J connectivity index is 1.81. The van der Waals surface area contributed by atoms with Crippen LogP contribution in [0.25, 0.3) is 0 Å². The third kappa shape index (κ3) is 4.23. The molecule has 2 aromatic rings. The average Bonchev–Trinajstić information content (AvgIpc) is 2.47. The summed E-state index contributed by atoms with van der Waals surface area (Å²) < 4.78 is 5.56. The zero-order chi connectivity index (χ0) is 15.2. The molecule has 0 saturated carbocycles. The SMILES string of the molecule is Cc1ccc(OCCNC(=O)c2ccccc2C)cc1Cl. The second kappa shape index (κ2) is 7.14. The van der Waals surface area contributed by atoms with E-state index in [4.69, 9.17) is 16.3 Å². The molecule has 1 N–H and O–H groups in total. The summed E-state index contributed by atoms with van der Waals surface area (Å²) in [6.45, 7) is 4.70. The predicted molar refractivity (Wildman–Crippen MR) is 85.2 cm³/mol. The van der Waals surface area contributed by atoms with Gasteiger partial charge < -0.3 is 10.1 Å². The van der Waals surface area contributed by atoms with E-state index >= 15 is 0 Å². The highest BCUT2D eigenvalue weighted by Gasteiger charge is 2.07. The molecule has 0 aliphatic rings. The van der Waals surface area contributed by atoms with E-state index in [0.29, 0.717) is 29.5 Å². The monoisotopic (exact) mass is 303 g/mol. The van der Waals surface area contributed by atoms with E-state index in [9.17, 15) is 4.79 Å². The Kier molecular flexibility index (Phi) is 5.23. The molecule has 0 aliphatic carbocycles. The largest absolute Gasteiger partial charge is 0.492 e. The number of hydrogen-bond donors (Lipinski definition) is 1. The molecular formula is C17H18ClNO2. The maximum absolute atomic E-state index is 12.0. The molecule has 21 heavy (non-hydrogen) atoms. The fourth-order valence-corrected chi connectivity index (χ4v) is 2.09. The van der Waals surface area contributed by atoms with E-state index < -0.39 is 0 Å². The second-order valence-electron chi connectivity index (χ2n) is 4.83. The first-order valence-electron chi connectivity index (χ1n) is 6.80. The topological polar surface area (TPSA) is 38.3 Å². The van der Waals surface area contributed by atoms with Crippen LogP contribution in [0.2, 0.25) is 5.02 Å². The van der Waals surface area contributed by atoms with Crippen LogP contribution in [0.3, 0.4) is 0 Å². The lowest BCUT2D eigenvalue weighted by atomic mass is 10.1. The third-order valence-electron chi connectivity index (χ3n) is 3.19. The fourth-order valence-electron chi connectivity index (χ4n) is 1.92. The summed E-state index contributed by atoms with van der Waals surface area (Å²) in [5.41, 5.74) is 2.66. The highest BCUT2D eigenvalue weighted by molar-refractivity contribution is 6.31. The van der Waals surface area contributed by atoms with Crippen molar-refractivity contribution in [2.45, 2.75) is 13.8 Å². The van der Waals surface area contributed by atoms with Gasteiger partial charge in [-0.1, -0.05) is 35.9 Å². The normalized spacial score (nSPS) is 10.2. The number of amides is 1. The van der Waals surface area contributed by atoms with Crippen molar-refractivity contribution in [3.63, 3.8) is 0 Å². The lowest BCUT2D eigenvalue weighted by molar-refractivity contribution is 0.0946. The van der Waals surface area contributed by atoms with E-state index in [-0.39, 0.29) is 5.91 Å². The van der Waals surface area contributed by atoms with Gasteiger partial charge in [0.2, 0.25) is 0 Å². The Morgan fingerprint density at radius 1 is 1.14 bits per heavy atom. The Labute approximate surface area is 129 Å². The van der Waals surface area contributed by atoms with Crippen molar-refractivity contribution in [2.75, 3.05) is 13.2 Å². The number of rotatable bonds is 5. The number of halogens is 1. The van der Waals surface area contributed by atoms with Gasteiger partial charge in [0.15, 0.2) is 0 Å². The molecule has 0 radical (unpaired) electrons. The molecule has 0 fully saturated rings. The highest BCUT2D eigenvalue weighted by Crippen LogP contribution is 2.21. The first-order valence-corrected chi connectivity index (χ1v) is 7.18. The van der Waals surface area contributed by atoms with E-state index in [0.717, 1.165) is 11.1 Å². The molecule has 2 rings (SSSR count). The minimum atomic E-state index is -0.0846. The van der Waals surface area contributed by atoms with Crippen LogP contribution in [-0.2, 0) is 0 Å². The summed E-state index contributed by atoms with van der Waals surface area (Å²) in [5, 5.41) is 3.52. The third-order valence-corrected chi connectivity index (χ3v) is 3.60. The van der Waals surface area contributed by atoms with Crippen LogP contribution < -0.4 is 10.1 Å². The summed E-state index contributed by atoms with van der Waals surface area (Å²) in [6.07, 6.45) is 0. The minimum absolute atomic E-state index is 0.0846. The molecule has 0 aliphatic heterocycles. The average molecular weight is 304 g/mol. The number of benzene rings is 2. The number of carbonyl (C=O) groups is 1. The summed E-state index contributed by atoms with van der Waals surface area (Å²) in [7, 11) is 0. The van der Waals surface area contributed by atoms with Crippen molar-refractivity contribution in [3.05, 3.63) is 64.2 Å². The van der Waals surface area contributed by atoms with E-state index in [2.05, 4.69) is 5.32 Å². The van der Waals surface area contributed by atoms with Crippen LogP contribution in [0.4, 0.5) is 0 Å². The Morgan fingerprint density at radius 2 is 1.90 bits per heavy atom. The molecule has 0 unspecified atom stereocenters. The van der Waals surface area contributed by atoms with Crippen LogP contribution in [0.15, 0.2) is 42.5 Å². The minimum Gasteiger partial charge on any atom is -0.492 e. The van der Waals surface area contributed by atoms with Crippen LogP contribution >= 0.6 is 11.6 Å². The van der Waals surface area contributed by atoms with Crippen LogP contribution in [0.1, 0.15) is 21.5 Å². The molecule has 1 amide bonds. The highest BCUT2D eigenvalue weighted by atomic mass is 35.5. The summed E-state index contributed by atoms with van der Waals surface area (Å²) >= 11 is 6.02. The number of aryl methyl sites for hydroxylation is 2. The van der Waals surface area contributed by atoms with E-state index in [1.807, 2.05) is 50.2 Å². The molecular weight excluding hydrogens is 286 g/mol. The van der Waals surface area contributed by atoms with Crippen molar-refractivity contribution in [2.24, 2.45) is 0 Å². The molecule has 110 valence electrons. The van der Waals surface area contributed by atoms with Gasteiger partial charge in [-0.05, 0) is 43.2 Å². The number of hydrogen-bond acceptors (Lipinski definition) is 2. The van der Waals surface area contributed by atoms with Gasteiger partial charge >= 0.3 is 0 Å². The Hall–Kier alpha value is -2.00. The zero-order valence-electron chi connectivity index (χ0n) is 12.2. The molecule has 4 heteroatoms. The molecule has 0 atom stereocenters. The smallest absolute Gasteiger partial charge is 0.251 e. The van der Waals surface area contributed by atoms with Crippen LogP contribution in [0, 0.1) is 13.8 Å². The first kappa shape index (κ1) is 15.4. The van der Waals surface area contributed by atoms with Gasteiger partial charge in [-0.15, -0.1) is 0 Å². The second-order valence-corrected chi connectivity index (χ2v) is 5.24. The van der Waals surface area contributed by atoms with Crippen molar-refractivity contribution in [1.82, 2.24) is 5.32 Å². The van der Waals surface area contributed by atoms with E-state index in [1.54, 1.807) is 6.07 Å². The van der Waals surface area contributed by atoms with Crippen LogP contribution in [0.5, 0.6) is 5.75 Å². The van der Waals surface area contributed by atoms with Gasteiger partial charge in [0.1, 0.15) is 12.4 Å². The maximum Gasteiger partial charge on any atom is 0.251 e. The predicted octanol–water partition coefficient (Wildman–Crippen LogP) is 3.77. The summed E-state index contributed by atoms with van der Waals surface area (Å²) in [6, 6.07) is 13.0. The van der Waals surface area contributed by atoms with Gasteiger partial charge in [0, 0.05) is 10.6 Å². The molecule has 0 heterocycles. The van der Waals surface area contributed by atoms with Crippen molar-refractivity contribution in [3.8, 4) is 5.75 Å². The molecule has 2 aromatic carbocycles. The molecule has 0 saturated heterocycles. The van der Waals surface area contributed by atoms with Gasteiger partial charge in [0.25, 0.3) is 5.91 Å². The van der Waals surface area contributed by atoms with Crippen molar-refractivity contribution in [1.29, 1.82) is 0 Å². The van der Waals surface area contributed by atoms with Gasteiger partial charge in [-0.3, -0.25) is 4.79 Å². The van der Waals surface area contributed by atoms with Gasteiger partial charge in [-0.25, -0.2) is 0 Å². The molecule has 3 nitrogen and oxygen atoms in total. The lowest BCUT2D eigenvalue weighted by Crippen LogP contribution is -2.28. The first-order chi connectivity index (χ1) is 10.1. The number of carbonyl (C=O) groups excluding carboxylic acids is 1. The summed E-state index contributed by atoms with van der Waals surface area (Å²) in [4.78, 5) is 12.0. The van der Waals surface area contributed by atoms with Crippen LogP contribution in [-0.4, -0.2) is 19.1 Å². The van der Waals surface area contributed by atoms with Gasteiger partial charge in [0.05, 0.1) is 6.54 Å². The maximum atomic E-state index is 12.0. The zero-order valence-corrected chi connectivity index (χ0v) is 12.9. The summed E-state index contributed by atoms with van der Waals surface area (Å²) in [5.74, 6) is 0.620. The van der Waals surface area contributed by atoms with Crippen molar-refractivity contribution < 1.29 is 9.53 Å². The molecule has 0 bridgehead atoms. The number of ether oxygens (including phenoxy) is 1. The van der Waals surface area contributed by atoms with Gasteiger partial charge in [-0.2, -0.15) is 0 Å². The molecule has 0 spiro atoms. The fraction of sp³-hybridized carbons (Fsp3) is 0.235. The Bertz CT molecular complexity index is 640.